The highest BCUT2D eigenvalue weighted by Crippen LogP contribution is 2.26. The number of hydrogen-bond acceptors (Lipinski definition) is 6. The molecule has 27 heavy (non-hydrogen) atoms. The number of sulfone groups is 1. The molecule has 0 spiro atoms. The minimum absolute atomic E-state index is 0.0449. The van der Waals surface area contributed by atoms with E-state index in [-0.39, 0.29) is 23.6 Å². The second kappa shape index (κ2) is 8.73. The number of anilines is 2. The van der Waals surface area contributed by atoms with Gasteiger partial charge in [-0.3, -0.25) is 0 Å². The summed E-state index contributed by atoms with van der Waals surface area (Å²) in [6, 6.07) is 14.3. The maximum absolute atomic E-state index is 13.0. The van der Waals surface area contributed by atoms with Crippen LogP contribution in [0.25, 0.3) is 0 Å². The average Bonchev–Trinajstić information content (AvgIpc) is 2.59. The molecule has 2 rings (SSSR count). The summed E-state index contributed by atoms with van der Waals surface area (Å²) in [5.41, 5.74) is 14.7. The summed E-state index contributed by atoms with van der Waals surface area (Å²) in [5, 5.41) is 0. The van der Waals surface area contributed by atoms with Gasteiger partial charge in [-0.2, -0.15) is 0 Å². The van der Waals surface area contributed by atoms with E-state index < -0.39 is 9.84 Å². The van der Waals surface area contributed by atoms with Crippen LogP contribution in [0.2, 0.25) is 0 Å². The summed E-state index contributed by atoms with van der Waals surface area (Å²) < 4.78 is 26.1. The van der Waals surface area contributed by atoms with E-state index in [1.807, 2.05) is 62.3 Å². The van der Waals surface area contributed by atoms with Crippen LogP contribution < -0.4 is 11.5 Å². The van der Waals surface area contributed by atoms with Crippen molar-refractivity contribution in [1.82, 2.24) is 9.80 Å². The zero-order chi connectivity index (χ0) is 20.2. The third-order valence-corrected chi connectivity index (χ3v) is 6.36. The Morgan fingerprint density at radius 1 is 0.704 bits per heavy atom. The van der Waals surface area contributed by atoms with Gasteiger partial charge in [0.25, 0.3) is 0 Å². The lowest BCUT2D eigenvalue weighted by Gasteiger charge is -2.28. The molecular weight excluding hydrogens is 360 g/mol. The van der Waals surface area contributed by atoms with Crippen LogP contribution in [0.5, 0.6) is 0 Å². The number of nitrogen functional groups attached to an aromatic ring is 2. The molecule has 0 heterocycles. The van der Waals surface area contributed by atoms with Gasteiger partial charge in [0.1, 0.15) is 0 Å². The van der Waals surface area contributed by atoms with Gasteiger partial charge in [0.05, 0.1) is 11.5 Å². The fourth-order valence-electron chi connectivity index (χ4n) is 3.07. The van der Waals surface area contributed by atoms with Crippen molar-refractivity contribution in [2.24, 2.45) is 0 Å². The van der Waals surface area contributed by atoms with E-state index in [2.05, 4.69) is 0 Å². The Labute approximate surface area is 162 Å². The highest BCUT2D eigenvalue weighted by Gasteiger charge is 2.27. The summed E-state index contributed by atoms with van der Waals surface area (Å²) in [6.07, 6.45) is 0. The molecule has 7 heteroatoms. The summed E-state index contributed by atoms with van der Waals surface area (Å²) >= 11 is 0. The maximum Gasteiger partial charge on any atom is 0.154 e. The van der Waals surface area contributed by atoms with Gasteiger partial charge in [0.15, 0.2) is 9.84 Å². The minimum atomic E-state index is -3.33. The Balaban J connectivity index is 2.23. The van der Waals surface area contributed by atoms with Crippen molar-refractivity contribution < 1.29 is 8.42 Å². The lowest BCUT2D eigenvalue weighted by atomic mass is 10.1. The van der Waals surface area contributed by atoms with Crippen LogP contribution in [-0.4, -0.2) is 57.9 Å². The van der Waals surface area contributed by atoms with Crippen LogP contribution in [0, 0.1) is 0 Å². The van der Waals surface area contributed by atoms with Gasteiger partial charge in [-0.25, -0.2) is 8.42 Å². The Bertz CT molecular complexity index is 766. The van der Waals surface area contributed by atoms with Gasteiger partial charge in [0, 0.05) is 23.5 Å². The molecule has 0 fully saturated rings. The van der Waals surface area contributed by atoms with Crippen LogP contribution in [0.4, 0.5) is 11.4 Å². The normalized spacial score (nSPS) is 14.4. The van der Waals surface area contributed by atoms with Crippen molar-refractivity contribution in [1.29, 1.82) is 0 Å². The average molecular weight is 391 g/mol. The Morgan fingerprint density at radius 2 is 1.00 bits per heavy atom. The smallest absolute Gasteiger partial charge is 0.154 e. The van der Waals surface area contributed by atoms with Gasteiger partial charge < -0.3 is 21.3 Å². The molecule has 2 aromatic carbocycles. The molecule has 0 aromatic heterocycles. The van der Waals surface area contributed by atoms with Gasteiger partial charge >= 0.3 is 0 Å². The lowest BCUT2D eigenvalue weighted by Crippen LogP contribution is -2.33. The quantitative estimate of drug-likeness (QED) is 0.671. The molecule has 0 bridgehead atoms. The van der Waals surface area contributed by atoms with Crippen LogP contribution in [0.3, 0.4) is 0 Å². The molecular formula is C20H30N4O2S. The van der Waals surface area contributed by atoms with Crippen molar-refractivity contribution in [3.05, 3.63) is 59.7 Å². The van der Waals surface area contributed by atoms with E-state index >= 15 is 0 Å². The van der Waals surface area contributed by atoms with E-state index in [4.69, 9.17) is 11.5 Å². The Morgan fingerprint density at radius 3 is 1.26 bits per heavy atom. The van der Waals surface area contributed by atoms with E-state index in [1.54, 1.807) is 24.3 Å². The van der Waals surface area contributed by atoms with Crippen molar-refractivity contribution in [3.63, 3.8) is 0 Å². The monoisotopic (exact) mass is 390 g/mol. The standard InChI is InChI=1S/C20H30N4O2S/c1-23(2)19(15-5-9-17(21)10-6-15)13-27(25,26)14-20(24(3)4)16-7-11-18(22)12-8-16/h5-12,19-20H,13-14,21-22H2,1-4H3. The first-order chi connectivity index (χ1) is 12.6. The van der Waals surface area contributed by atoms with E-state index in [0.29, 0.717) is 11.4 Å². The fourth-order valence-corrected chi connectivity index (χ4v) is 5.15. The Hall–Kier alpha value is -2.09. The van der Waals surface area contributed by atoms with Crippen molar-refractivity contribution in [2.75, 3.05) is 51.2 Å². The fraction of sp³-hybridized carbons (Fsp3) is 0.400. The molecule has 4 N–H and O–H groups in total. The van der Waals surface area contributed by atoms with Crippen molar-refractivity contribution in [3.8, 4) is 0 Å². The van der Waals surface area contributed by atoms with Gasteiger partial charge in [0.2, 0.25) is 0 Å². The number of nitrogens with two attached hydrogens (primary N) is 2. The molecule has 0 saturated carbocycles. The van der Waals surface area contributed by atoms with Crippen molar-refractivity contribution >= 4 is 21.2 Å². The van der Waals surface area contributed by atoms with Gasteiger partial charge in [-0.05, 0) is 63.6 Å². The van der Waals surface area contributed by atoms with Crippen LogP contribution >= 0.6 is 0 Å². The number of nitrogens with zero attached hydrogens (tertiary/aromatic N) is 2. The molecule has 0 amide bonds. The van der Waals surface area contributed by atoms with Crippen LogP contribution in [-0.2, 0) is 9.84 Å². The van der Waals surface area contributed by atoms with Gasteiger partial charge in [-0.15, -0.1) is 0 Å². The second-order valence-electron chi connectivity index (χ2n) is 7.37. The molecule has 0 radical (unpaired) electrons. The number of hydrogen-bond donors (Lipinski definition) is 2. The molecule has 2 aromatic rings. The molecule has 0 aliphatic rings. The number of rotatable bonds is 8. The van der Waals surface area contributed by atoms with Gasteiger partial charge in [-0.1, -0.05) is 24.3 Å². The topological polar surface area (TPSA) is 92.7 Å². The number of benzene rings is 2. The first-order valence-electron chi connectivity index (χ1n) is 8.83. The molecule has 2 atom stereocenters. The third-order valence-electron chi connectivity index (χ3n) is 4.71. The summed E-state index contributed by atoms with van der Waals surface area (Å²) in [4.78, 5) is 3.86. The maximum atomic E-state index is 13.0. The predicted molar refractivity (Wildman–Crippen MR) is 113 cm³/mol. The summed E-state index contributed by atoms with van der Waals surface area (Å²) in [6.45, 7) is 0. The van der Waals surface area contributed by atoms with E-state index in [1.165, 1.54) is 0 Å². The highest BCUT2D eigenvalue weighted by atomic mass is 32.2. The highest BCUT2D eigenvalue weighted by molar-refractivity contribution is 7.91. The second-order valence-corrected chi connectivity index (χ2v) is 9.52. The van der Waals surface area contributed by atoms with E-state index in [0.717, 1.165) is 11.1 Å². The first-order valence-corrected chi connectivity index (χ1v) is 10.7. The van der Waals surface area contributed by atoms with E-state index in [9.17, 15) is 8.42 Å². The largest absolute Gasteiger partial charge is 0.399 e. The molecule has 0 aliphatic carbocycles. The molecule has 2 unspecified atom stereocenters. The SMILES string of the molecule is CN(C)C(CS(=O)(=O)CC(c1ccc(N)cc1)N(C)C)c1ccc(N)cc1. The lowest BCUT2D eigenvalue weighted by molar-refractivity contribution is 0.312. The van der Waals surface area contributed by atoms with Crippen molar-refractivity contribution in [2.45, 2.75) is 12.1 Å². The molecule has 148 valence electrons. The Kier molecular flexibility index (Phi) is 6.86. The summed E-state index contributed by atoms with van der Waals surface area (Å²) in [5.74, 6) is 0.0897. The molecule has 0 aliphatic heterocycles. The molecule has 0 saturated heterocycles. The predicted octanol–water partition coefficient (Wildman–Crippen LogP) is 2.17. The zero-order valence-electron chi connectivity index (χ0n) is 16.5. The molecule has 6 nitrogen and oxygen atoms in total. The first kappa shape index (κ1) is 21.2. The minimum Gasteiger partial charge on any atom is -0.399 e. The van der Waals surface area contributed by atoms with Crippen LogP contribution in [0.15, 0.2) is 48.5 Å². The van der Waals surface area contributed by atoms with Crippen LogP contribution in [0.1, 0.15) is 23.2 Å². The third kappa shape index (κ3) is 5.95. The zero-order valence-corrected chi connectivity index (χ0v) is 17.3. The summed E-state index contributed by atoms with van der Waals surface area (Å²) in [7, 11) is 4.22.